The van der Waals surface area contributed by atoms with E-state index in [-0.39, 0.29) is 30.3 Å². The lowest BCUT2D eigenvalue weighted by molar-refractivity contribution is -0.122. The first-order valence-corrected chi connectivity index (χ1v) is 9.43. The van der Waals surface area contributed by atoms with Gasteiger partial charge in [0.25, 0.3) is 0 Å². The molecule has 2 amide bonds. The Morgan fingerprint density at radius 2 is 1.81 bits per heavy atom. The second kappa shape index (κ2) is 8.25. The average Bonchev–Trinajstić information content (AvgIpc) is 3.05. The molecule has 0 aromatic heterocycles. The highest BCUT2D eigenvalue weighted by atomic mass is 16.5. The van der Waals surface area contributed by atoms with Crippen LogP contribution in [0.25, 0.3) is 0 Å². The predicted octanol–water partition coefficient (Wildman–Crippen LogP) is 4.03. The third kappa shape index (κ3) is 4.67. The van der Waals surface area contributed by atoms with E-state index in [1.54, 1.807) is 4.90 Å². The van der Waals surface area contributed by atoms with Crippen LogP contribution < -0.4 is 15.0 Å². The maximum atomic E-state index is 12.6. The zero-order valence-corrected chi connectivity index (χ0v) is 16.1. The summed E-state index contributed by atoms with van der Waals surface area (Å²) in [6.07, 6.45) is 1.29. The predicted molar refractivity (Wildman–Crippen MR) is 107 cm³/mol. The van der Waals surface area contributed by atoms with Gasteiger partial charge in [0.1, 0.15) is 5.75 Å². The van der Waals surface area contributed by atoms with Crippen LogP contribution >= 0.6 is 0 Å². The fourth-order valence-corrected chi connectivity index (χ4v) is 3.18. The van der Waals surface area contributed by atoms with Gasteiger partial charge in [-0.3, -0.25) is 9.59 Å². The molecule has 1 saturated heterocycles. The molecule has 1 aliphatic rings. The van der Waals surface area contributed by atoms with Gasteiger partial charge in [-0.1, -0.05) is 19.1 Å². The van der Waals surface area contributed by atoms with E-state index in [1.807, 2.05) is 62.4 Å². The van der Waals surface area contributed by atoms with Crippen molar-refractivity contribution in [1.82, 2.24) is 0 Å². The Kier molecular flexibility index (Phi) is 5.79. The highest BCUT2D eigenvalue weighted by molar-refractivity contribution is 6.03. The summed E-state index contributed by atoms with van der Waals surface area (Å²) in [7, 11) is 0. The summed E-state index contributed by atoms with van der Waals surface area (Å²) in [5.41, 5.74) is 2.78. The molecule has 1 aliphatic heterocycles. The van der Waals surface area contributed by atoms with Crippen LogP contribution in [0.3, 0.4) is 0 Å². The molecule has 3 rings (SSSR count). The van der Waals surface area contributed by atoms with E-state index in [0.717, 1.165) is 17.9 Å². The number of amides is 2. The number of ether oxygens (including phenoxy) is 1. The molecular formula is C22H26N2O3. The Bertz CT molecular complexity index is 797. The number of nitrogens with one attached hydrogen (secondary N) is 1. The van der Waals surface area contributed by atoms with E-state index < -0.39 is 0 Å². The monoisotopic (exact) mass is 366 g/mol. The third-order valence-electron chi connectivity index (χ3n) is 4.65. The van der Waals surface area contributed by atoms with E-state index in [9.17, 15) is 9.59 Å². The number of rotatable bonds is 6. The Balaban J connectivity index is 1.61. The Morgan fingerprint density at radius 3 is 2.41 bits per heavy atom. The first-order valence-electron chi connectivity index (χ1n) is 9.43. The molecule has 27 heavy (non-hydrogen) atoms. The third-order valence-corrected chi connectivity index (χ3v) is 4.65. The number of nitrogens with zero attached hydrogens (tertiary/aromatic N) is 1. The Morgan fingerprint density at radius 1 is 1.15 bits per heavy atom. The van der Waals surface area contributed by atoms with Crippen LogP contribution in [0.1, 0.15) is 32.8 Å². The van der Waals surface area contributed by atoms with Crippen molar-refractivity contribution in [2.24, 2.45) is 5.92 Å². The second-order valence-electron chi connectivity index (χ2n) is 7.11. The topological polar surface area (TPSA) is 58.6 Å². The molecule has 5 heteroatoms. The number of anilines is 2. The van der Waals surface area contributed by atoms with Crippen molar-refractivity contribution >= 4 is 23.2 Å². The van der Waals surface area contributed by atoms with Crippen LogP contribution in [0, 0.1) is 5.92 Å². The lowest BCUT2D eigenvalue weighted by Crippen LogP contribution is -2.28. The van der Waals surface area contributed by atoms with E-state index in [4.69, 9.17) is 4.74 Å². The van der Waals surface area contributed by atoms with E-state index in [0.29, 0.717) is 12.2 Å². The summed E-state index contributed by atoms with van der Waals surface area (Å²) < 4.78 is 5.60. The summed E-state index contributed by atoms with van der Waals surface area (Å²) in [6, 6.07) is 15.2. The van der Waals surface area contributed by atoms with Crippen molar-refractivity contribution in [2.45, 2.75) is 39.7 Å². The molecule has 0 saturated carbocycles. The first kappa shape index (κ1) is 19.0. The lowest BCUT2D eigenvalue weighted by atomic mass is 10.1. The number of benzene rings is 2. The SMILES string of the molecule is CCc1ccc(N2CC(C(=O)Nc3ccc(OC(C)C)cc3)CC2=O)cc1. The minimum atomic E-state index is -0.352. The zero-order valence-electron chi connectivity index (χ0n) is 16.1. The number of carbonyl (C=O) groups is 2. The van der Waals surface area contributed by atoms with Gasteiger partial charge in [-0.25, -0.2) is 0 Å². The molecule has 1 N–H and O–H groups in total. The van der Waals surface area contributed by atoms with Gasteiger partial charge >= 0.3 is 0 Å². The van der Waals surface area contributed by atoms with Gasteiger partial charge in [-0.05, 0) is 62.2 Å². The molecule has 142 valence electrons. The molecule has 1 heterocycles. The zero-order chi connectivity index (χ0) is 19.4. The quantitative estimate of drug-likeness (QED) is 0.840. The summed E-state index contributed by atoms with van der Waals surface area (Å²) in [4.78, 5) is 26.6. The number of carbonyl (C=O) groups excluding carboxylic acids is 2. The summed E-state index contributed by atoms with van der Waals surface area (Å²) in [5, 5.41) is 2.90. The fraction of sp³-hybridized carbons (Fsp3) is 0.364. The van der Waals surface area contributed by atoms with Crippen LogP contribution in [0.2, 0.25) is 0 Å². The molecule has 0 radical (unpaired) electrons. The van der Waals surface area contributed by atoms with E-state index in [2.05, 4.69) is 12.2 Å². The van der Waals surface area contributed by atoms with Crippen molar-refractivity contribution in [3.05, 3.63) is 54.1 Å². The van der Waals surface area contributed by atoms with Crippen molar-refractivity contribution in [3.8, 4) is 5.75 Å². The van der Waals surface area contributed by atoms with Gasteiger partial charge in [0.15, 0.2) is 0 Å². The molecule has 2 aromatic carbocycles. The van der Waals surface area contributed by atoms with Crippen LogP contribution in [0.5, 0.6) is 5.75 Å². The molecule has 0 aliphatic carbocycles. The molecule has 1 atom stereocenters. The van der Waals surface area contributed by atoms with Gasteiger partial charge in [0, 0.05) is 24.3 Å². The molecule has 0 bridgehead atoms. The van der Waals surface area contributed by atoms with Crippen LogP contribution in [-0.4, -0.2) is 24.5 Å². The molecule has 1 fully saturated rings. The largest absolute Gasteiger partial charge is 0.491 e. The Labute approximate surface area is 160 Å². The molecular weight excluding hydrogens is 340 g/mol. The number of hydrogen-bond acceptors (Lipinski definition) is 3. The molecule has 5 nitrogen and oxygen atoms in total. The smallest absolute Gasteiger partial charge is 0.229 e. The van der Waals surface area contributed by atoms with Gasteiger partial charge in [-0.15, -0.1) is 0 Å². The van der Waals surface area contributed by atoms with Crippen LogP contribution in [0.15, 0.2) is 48.5 Å². The van der Waals surface area contributed by atoms with Crippen molar-refractivity contribution in [3.63, 3.8) is 0 Å². The standard InChI is InChI=1S/C22H26N2O3/c1-4-16-5-9-19(10-6-16)24-14-17(13-21(24)25)22(26)23-18-7-11-20(12-8-18)27-15(2)3/h5-12,15,17H,4,13-14H2,1-3H3,(H,23,26). The number of hydrogen-bond donors (Lipinski definition) is 1. The first-order chi connectivity index (χ1) is 13.0. The summed E-state index contributed by atoms with van der Waals surface area (Å²) in [6.45, 7) is 6.44. The van der Waals surface area contributed by atoms with Gasteiger partial charge in [0.05, 0.1) is 12.0 Å². The van der Waals surface area contributed by atoms with Crippen molar-refractivity contribution < 1.29 is 14.3 Å². The van der Waals surface area contributed by atoms with Crippen LogP contribution in [0.4, 0.5) is 11.4 Å². The maximum absolute atomic E-state index is 12.6. The highest BCUT2D eigenvalue weighted by Crippen LogP contribution is 2.27. The van der Waals surface area contributed by atoms with E-state index >= 15 is 0 Å². The minimum Gasteiger partial charge on any atom is -0.491 e. The maximum Gasteiger partial charge on any atom is 0.229 e. The molecule has 0 spiro atoms. The Hall–Kier alpha value is -2.82. The fourth-order valence-electron chi connectivity index (χ4n) is 3.18. The minimum absolute atomic E-state index is 0.0138. The number of aryl methyl sites for hydroxylation is 1. The average molecular weight is 366 g/mol. The van der Waals surface area contributed by atoms with Crippen molar-refractivity contribution in [1.29, 1.82) is 0 Å². The summed E-state index contributed by atoms with van der Waals surface area (Å²) in [5.74, 6) is 0.268. The van der Waals surface area contributed by atoms with Crippen LogP contribution in [-0.2, 0) is 16.0 Å². The van der Waals surface area contributed by atoms with Gasteiger partial charge < -0.3 is 15.0 Å². The molecule has 2 aromatic rings. The highest BCUT2D eigenvalue weighted by Gasteiger charge is 2.35. The van der Waals surface area contributed by atoms with Crippen molar-refractivity contribution in [2.75, 3.05) is 16.8 Å². The van der Waals surface area contributed by atoms with E-state index in [1.165, 1.54) is 5.56 Å². The molecule has 1 unspecified atom stereocenters. The second-order valence-corrected chi connectivity index (χ2v) is 7.11. The normalized spacial score (nSPS) is 16.7. The van der Waals surface area contributed by atoms with Gasteiger partial charge in [-0.2, -0.15) is 0 Å². The lowest BCUT2D eigenvalue weighted by Gasteiger charge is -2.17. The van der Waals surface area contributed by atoms with Gasteiger partial charge in [0.2, 0.25) is 11.8 Å². The summed E-state index contributed by atoms with van der Waals surface area (Å²) >= 11 is 0.